The molecule has 3 N–H and O–H groups in total. The molecule has 2 aliphatic heterocycles. The number of rotatable bonds is 9. The van der Waals surface area contributed by atoms with Crippen LogP contribution in [-0.2, 0) is 4.79 Å². The first-order chi connectivity index (χ1) is 13.6. The monoisotopic (exact) mass is 386 g/mol. The van der Waals surface area contributed by atoms with Crippen LogP contribution in [0.5, 0.6) is 0 Å². The molecule has 2 amide bonds. The van der Waals surface area contributed by atoms with Crippen LogP contribution in [-0.4, -0.2) is 55.0 Å². The van der Waals surface area contributed by atoms with Gasteiger partial charge in [-0.1, -0.05) is 19.9 Å². The van der Waals surface area contributed by atoms with Crippen LogP contribution < -0.4 is 16.0 Å². The zero-order valence-electron chi connectivity index (χ0n) is 17.2. The van der Waals surface area contributed by atoms with Crippen LogP contribution in [0, 0.1) is 5.92 Å². The maximum Gasteiger partial charge on any atom is 0.251 e. The molecule has 2 unspecified atom stereocenters. The molecule has 0 spiro atoms. The number of hydrogen-bond acceptors (Lipinski definition) is 4. The Morgan fingerprint density at radius 3 is 2.54 bits per heavy atom. The van der Waals surface area contributed by atoms with Gasteiger partial charge in [0, 0.05) is 42.8 Å². The number of anilines is 1. The summed E-state index contributed by atoms with van der Waals surface area (Å²) in [4.78, 5) is 27.1. The Labute approximate surface area is 168 Å². The molecule has 6 heteroatoms. The fourth-order valence-electron chi connectivity index (χ4n) is 4.52. The van der Waals surface area contributed by atoms with E-state index < -0.39 is 0 Å². The van der Waals surface area contributed by atoms with E-state index in [-0.39, 0.29) is 11.8 Å². The quantitative estimate of drug-likeness (QED) is 0.610. The Bertz CT molecular complexity index is 662. The molecule has 28 heavy (non-hydrogen) atoms. The summed E-state index contributed by atoms with van der Waals surface area (Å²) in [5.41, 5.74) is 1.27. The highest BCUT2D eigenvalue weighted by Crippen LogP contribution is 2.32. The number of fused-ring (bicyclic) bond motifs is 2. The van der Waals surface area contributed by atoms with E-state index in [1.165, 1.54) is 12.8 Å². The Morgan fingerprint density at radius 2 is 1.86 bits per heavy atom. The Kier molecular flexibility index (Phi) is 7.45. The molecule has 6 nitrogen and oxygen atoms in total. The van der Waals surface area contributed by atoms with E-state index in [9.17, 15) is 9.59 Å². The summed E-state index contributed by atoms with van der Waals surface area (Å²) in [5.74, 6) is 0.411. The summed E-state index contributed by atoms with van der Waals surface area (Å²) < 4.78 is 0. The first kappa shape index (κ1) is 20.8. The highest BCUT2D eigenvalue weighted by atomic mass is 16.2. The smallest absolute Gasteiger partial charge is 0.251 e. The molecule has 2 saturated heterocycles. The van der Waals surface area contributed by atoms with Gasteiger partial charge in [0.2, 0.25) is 5.91 Å². The zero-order chi connectivity index (χ0) is 19.9. The van der Waals surface area contributed by atoms with E-state index in [0.29, 0.717) is 42.2 Å². The molecule has 1 aromatic carbocycles. The van der Waals surface area contributed by atoms with Crippen molar-refractivity contribution in [2.75, 3.05) is 31.5 Å². The number of hydrogen-bond donors (Lipinski definition) is 3. The largest absolute Gasteiger partial charge is 0.351 e. The van der Waals surface area contributed by atoms with E-state index in [1.807, 2.05) is 12.1 Å². The predicted molar refractivity (Wildman–Crippen MR) is 112 cm³/mol. The van der Waals surface area contributed by atoms with Crippen molar-refractivity contribution in [3.05, 3.63) is 29.8 Å². The van der Waals surface area contributed by atoms with Crippen LogP contribution in [0.4, 0.5) is 5.69 Å². The summed E-state index contributed by atoms with van der Waals surface area (Å²) in [6.45, 7) is 7.65. The number of benzene rings is 1. The van der Waals surface area contributed by atoms with E-state index in [4.69, 9.17) is 0 Å². The average Bonchev–Trinajstić information content (AvgIpc) is 3.03. The number of nitrogens with one attached hydrogen (secondary N) is 3. The molecule has 3 rings (SSSR count). The molecule has 0 aromatic heterocycles. The third kappa shape index (κ3) is 5.79. The van der Waals surface area contributed by atoms with Gasteiger partial charge in [0.15, 0.2) is 0 Å². The second-order valence-electron chi connectivity index (χ2n) is 8.09. The number of carbonyl (C=O) groups is 2. The third-order valence-electron chi connectivity index (χ3n) is 6.06. The molecule has 2 aliphatic rings. The number of piperidine rings is 1. The van der Waals surface area contributed by atoms with Gasteiger partial charge in [0.05, 0.1) is 0 Å². The van der Waals surface area contributed by atoms with E-state index >= 15 is 0 Å². The van der Waals surface area contributed by atoms with E-state index in [1.54, 1.807) is 12.1 Å². The van der Waals surface area contributed by atoms with Crippen molar-refractivity contribution in [1.29, 1.82) is 0 Å². The second kappa shape index (κ2) is 10.0. The summed E-state index contributed by atoms with van der Waals surface area (Å²) in [5, 5.41) is 9.56. The van der Waals surface area contributed by atoms with Crippen molar-refractivity contribution in [3.63, 3.8) is 0 Å². The van der Waals surface area contributed by atoms with Gasteiger partial charge in [-0.3, -0.25) is 9.59 Å². The third-order valence-corrected chi connectivity index (χ3v) is 6.06. The first-order valence-corrected chi connectivity index (χ1v) is 10.7. The number of nitrogens with zero attached hydrogens (tertiary/aromatic N) is 1. The minimum absolute atomic E-state index is 0.0467. The molecule has 154 valence electrons. The molecule has 0 radical (unpaired) electrons. The molecular formula is C22H34N4O2. The van der Waals surface area contributed by atoms with Gasteiger partial charge < -0.3 is 20.9 Å². The topological polar surface area (TPSA) is 73.5 Å². The van der Waals surface area contributed by atoms with Crippen LogP contribution in [0.1, 0.15) is 56.3 Å². The molecule has 2 bridgehead atoms. The summed E-state index contributed by atoms with van der Waals surface area (Å²) in [6, 6.07) is 8.40. The van der Waals surface area contributed by atoms with Crippen LogP contribution in [0.25, 0.3) is 0 Å². The van der Waals surface area contributed by atoms with Gasteiger partial charge >= 0.3 is 0 Å². The molecular weight excluding hydrogens is 352 g/mol. The van der Waals surface area contributed by atoms with Gasteiger partial charge in [-0.15, -0.1) is 0 Å². The second-order valence-corrected chi connectivity index (χ2v) is 8.09. The fraction of sp³-hybridized carbons (Fsp3) is 0.636. The van der Waals surface area contributed by atoms with Crippen molar-refractivity contribution >= 4 is 17.5 Å². The Hall–Kier alpha value is -1.92. The Balaban J connectivity index is 1.47. The van der Waals surface area contributed by atoms with E-state index in [2.05, 4.69) is 34.7 Å². The van der Waals surface area contributed by atoms with Crippen LogP contribution >= 0.6 is 0 Å². The molecule has 2 fully saturated rings. The molecule has 0 saturated carbocycles. The fourth-order valence-corrected chi connectivity index (χ4v) is 4.52. The van der Waals surface area contributed by atoms with Gasteiger partial charge in [0.25, 0.3) is 5.91 Å². The lowest BCUT2D eigenvalue weighted by Crippen LogP contribution is -2.39. The molecule has 0 aliphatic carbocycles. The minimum Gasteiger partial charge on any atom is -0.351 e. The van der Waals surface area contributed by atoms with Crippen LogP contribution in [0.3, 0.4) is 0 Å². The lowest BCUT2D eigenvalue weighted by atomic mass is 9.89. The molecule has 1 aromatic rings. The van der Waals surface area contributed by atoms with E-state index in [0.717, 1.165) is 32.5 Å². The SMILES string of the molecule is CCN(CC)CCNC(=O)c1cccc(NC(=O)CC2CC3CCC(C2)N3)c1. The van der Waals surface area contributed by atoms with Crippen molar-refractivity contribution in [1.82, 2.24) is 15.5 Å². The van der Waals surface area contributed by atoms with Crippen LogP contribution in [0.15, 0.2) is 24.3 Å². The van der Waals surface area contributed by atoms with Crippen LogP contribution in [0.2, 0.25) is 0 Å². The van der Waals surface area contributed by atoms with Gasteiger partial charge in [-0.25, -0.2) is 0 Å². The predicted octanol–water partition coefficient (Wildman–Crippen LogP) is 2.62. The number of carbonyl (C=O) groups excluding carboxylic acids is 2. The summed E-state index contributed by atoms with van der Waals surface area (Å²) >= 11 is 0. The maximum atomic E-state index is 12.5. The van der Waals surface area contributed by atoms with Gasteiger partial charge in [-0.2, -0.15) is 0 Å². The minimum atomic E-state index is -0.0989. The van der Waals surface area contributed by atoms with Crippen molar-refractivity contribution in [2.24, 2.45) is 5.92 Å². The lowest BCUT2D eigenvalue weighted by Gasteiger charge is -2.28. The average molecular weight is 387 g/mol. The molecule has 2 heterocycles. The Morgan fingerprint density at radius 1 is 1.14 bits per heavy atom. The van der Waals surface area contributed by atoms with Crippen molar-refractivity contribution < 1.29 is 9.59 Å². The number of amides is 2. The maximum absolute atomic E-state index is 12.5. The van der Waals surface area contributed by atoms with Crippen molar-refractivity contribution in [2.45, 2.75) is 58.0 Å². The van der Waals surface area contributed by atoms with Gasteiger partial charge in [-0.05, 0) is 62.9 Å². The highest BCUT2D eigenvalue weighted by molar-refractivity contribution is 5.97. The highest BCUT2D eigenvalue weighted by Gasteiger charge is 2.34. The summed E-state index contributed by atoms with van der Waals surface area (Å²) in [7, 11) is 0. The number of likely N-dealkylation sites (N-methyl/N-ethyl adjacent to an activating group) is 1. The normalized spacial score (nSPS) is 23.6. The standard InChI is InChI=1S/C22H34N4O2/c1-3-26(4-2)11-10-23-22(28)17-6-5-7-18(15-17)25-21(27)14-16-12-19-8-9-20(13-16)24-19/h5-7,15-16,19-20,24H,3-4,8-14H2,1-2H3,(H,23,28)(H,25,27). The molecule has 2 atom stereocenters. The first-order valence-electron chi connectivity index (χ1n) is 10.7. The zero-order valence-corrected chi connectivity index (χ0v) is 17.2. The lowest BCUT2D eigenvalue weighted by molar-refractivity contribution is -0.117. The van der Waals surface area contributed by atoms with Crippen molar-refractivity contribution in [3.8, 4) is 0 Å². The van der Waals surface area contributed by atoms with Gasteiger partial charge in [0.1, 0.15) is 0 Å². The summed E-state index contributed by atoms with van der Waals surface area (Å²) in [6.07, 6.45) is 5.25.